The second kappa shape index (κ2) is 9.97. The van der Waals surface area contributed by atoms with Crippen LogP contribution in [0, 0.1) is 5.41 Å². The third kappa shape index (κ3) is 4.13. The van der Waals surface area contributed by atoms with Crippen LogP contribution in [0.3, 0.4) is 0 Å². The van der Waals surface area contributed by atoms with Crippen LogP contribution < -0.4 is 5.73 Å². The van der Waals surface area contributed by atoms with E-state index >= 15 is 0 Å². The van der Waals surface area contributed by atoms with Crippen LogP contribution in [0.4, 0.5) is 0 Å². The Morgan fingerprint density at radius 3 is 1.84 bits per heavy atom. The first-order valence-electron chi connectivity index (χ1n) is 11.1. The summed E-state index contributed by atoms with van der Waals surface area (Å²) in [5.74, 6) is 0. The van der Waals surface area contributed by atoms with Crippen molar-refractivity contribution in [2.24, 2.45) is 15.7 Å². The SMILES string of the molecule is CCC(=N)C1(CCN)c2ccc(C(C)N=C=O)cc2CCc2cc(C(C)N=C=O)ccc21. The fourth-order valence-electron chi connectivity index (χ4n) is 4.98. The molecule has 6 nitrogen and oxygen atoms in total. The van der Waals surface area contributed by atoms with Crippen molar-refractivity contribution in [1.82, 2.24) is 0 Å². The second-order valence-electron chi connectivity index (χ2n) is 8.40. The number of benzene rings is 2. The predicted molar refractivity (Wildman–Crippen MR) is 126 cm³/mol. The minimum absolute atomic E-state index is 0.272. The van der Waals surface area contributed by atoms with Crippen LogP contribution in [-0.4, -0.2) is 24.4 Å². The van der Waals surface area contributed by atoms with Gasteiger partial charge in [-0.3, -0.25) is 0 Å². The van der Waals surface area contributed by atoms with Crippen molar-refractivity contribution >= 4 is 17.9 Å². The van der Waals surface area contributed by atoms with Crippen LogP contribution in [0.2, 0.25) is 0 Å². The molecule has 0 saturated carbocycles. The van der Waals surface area contributed by atoms with Gasteiger partial charge in [-0.2, -0.15) is 9.98 Å². The molecule has 1 aliphatic rings. The standard InChI is InChI=1S/C26H30N4O2/c1-4-25(28)26(11-12-27)23-9-7-19(17(2)29-15-31)13-21(23)5-6-22-14-20(8-10-24(22)26)18(3)30-16-32/h7-10,13-14,17-18,28H,4-6,11-12,27H2,1-3H3. The molecule has 0 saturated heterocycles. The highest BCUT2D eigenvalue weighted by Crippen LogP contribution is 2.45. The first-order chi connectivity index (χ1) is 15.4. The highest BCUT2D eigenvalue weighted by molar-refractivity contribution is 5.97. The Kier molecular flexibility index (Phi) is 7.32. The van der Waals surface area contributed by atoms with Crippen molar-refractivity contribution in [2.75, 3.05) is 6.54 Å². The molecule has 0 aromatic heterocycles. The van der Waals surface area contributed by atoms with E-state index in [0.29, 0.717) is 25.1 Å². The first-order valence-corrected chi connectivity index (χ1v) is 11.1. The number of carbonyl (C=O) groups excluding carboxylic acids is 2. The van der Waals surface area contributed by atoms with Crippen molar-refractivity contribution in [3.05, 3.63) is 69.8 Å². The van der Waals surface area contributed by atoms with E-state index < -0.39 is 5.41 Å². The third-order valence-corrected chi connectivity index (χ3v) is 6.69. The van der Waals surface area contributed by atoms with Crippen LogP contribution >= 0.6 is 0 Å². The number of nitrogens with two attached hydrogens (primary N) is 1. The van der Waals surface area contributed by atoms with Crippen LogP contribution in [0.5, 0.6) is 0 Å². The summed E-state index contributed by atoms with van der Waals surface area (Å²) in [5, 5.41) is 9.06. The molecule has 0 bridgehead atoms. The molecule has 0 spiro atoms. The molecule has 0 fully saturated rings. The van der Waals surface area contributed by atoms with E-state index in [1.165, 1.54) is 0 Å². The second-order valence-corrected chi connectivity index (χ2v) is 8.40. The summed E-state index contributed by atoms with van der Waals surface area (Å²) in [6, 6.07) is 11.9. The van der Waals surface area contributed by atoms with E-state index in [-0.39, 0.29) is 12.1 Å². The number of aliphatic imine (C=N–C) groups is 2. The maximum Gasteiger partial charge on any atom is 0.235 e. The summed E-state index contributed by atoms with van der Waals surface area (Å²) in [6.45, 7) is 6.21. The Labute approximate surface area is 189 Å². The van der Waals surface area contributed by atoms with Crippen molar-refractivity contribution in [2.45, 2.75) is 64.0 Å². The molecule has 2 unspecified atom stereocenters. The molecule has 1 aliphatic carbocycles. The maximum atomic E-state index is 10.8. The number of nitrogens with one attached hydrogen (secondary N) is 1. The van der Waals surface area contributed by atoms with Crippen molar-refractivity contribution in [3.63, 3.8) is 0 Å². The van der Waals surface area contributed by atoms with Gasteiger partial charge in [-0.1, -0.05) is 43.3 Å². The Balaban J connectivity index is 2.28. The van der Waals surface area contributed by atoms with Gasteiger partial charge in [0.2, 0.25) is 12.2 Å². The molecule has 2 atom stereocenters. The Morgan fingerprint density at radius 2 is 1.47 bits per heavy atom. The topological polar surface area (TPSA) is 109 Å². The maximum absolute atomic E-state index is 10.8. The molecule has 0 heterocycles. The summed E-state index contributed by atoms with van der Waals surface area (Å²) in [6.07, 6.45) is 6.14. The van der Waals surface area contributed by atoms with Crippen LogP contribution in [0.15, 0.2) is 46.4 Å². The largest absolute Gasteiger partial charge is 0.330 e. The zero-order valence-corrected chi connectivity index (χ0v) is 18.9. The molecule has 6 heteroatoms. The number of nitrogens with zero attached hydrogens (tertiary/aromatic N) is 2. The zero-order chi connectivity index (χ0) is 23.3. The Hall–Kier alpha value is -3.17. The van der Waals surface area contributed by atoms with Gasteiger partial charge in [-0.05, 0) is 79.5 Å². The lowest BCUT2D eigenvalue weighted by molar-refractivity contribution is 0.558. The highest BCUT2D eigenvalue weighted by atomic mass is 16.1. The number of fused-ring (bicyclic) bond motifs is 2. The molecule has 0 radical (unpaired) electrons. The number of hydrogen-bond donors (Lipinski definition) is 2. The number of rotatable bonds is 8. The molecule has 0 aliphatic heterocycles. The van der Waals surface area contributed by atoms with E-state index in [0.717, 1.165) is 46.2 Å². The van der Waals surface area contributed by atoms with Crippen LogP contribution in [-0.2, 0) is 27.8 Å². The third-order valence-electron chi connectivity index (χ3n) is 6.69. The molecule has 2 aromatic rings. The molecule has 166 valence electrons. The van der Waals surface area contributed by atoms with E-state index in [1.54, 1.807) is 12.2 Å². The quantitative estimate of drug-likeness (QED) is 0.470. The van der Waals surface area contributed by atoms with Gasteiger partial charge in [0.25, 0.3) is 0 Å². The zero-order valence-electron chi connectivity index (χ0n) is 18.9. The van der Waals surface area contributed by atoms with Gasteiger partial charge >= 0.3 is 0 Å². The monoisotopic (exact) mass is 430 g/mol. The molecular formula is C26H30N4O2. The van der Waals surface area contributed by atoms with E-state index in [2.05, 4.69) is 34.3 Å². The lowest BCUT2D eigenvalue weighted by Gasteiger charge is -2.37. The number of hydrogen-bond acceptors (Lipinski definition) is 6. The lowest BCUT2D eigenvalue weighted by atomic mass is 9.66. The molecule has 0 amide bonds. The van der Waals surface area contributed by atoms with Crippen LogP contribution in [0.1, 0.15) is 79.1 Å². The van der Waals surface area contributed by atoms with Crippen molar-refractivity contribution in [1.29, 1.82) is 5.41 Å². The van der Waals surface area contributed by atoms with Gasteiger partial charge < -0.3 is 11.1 Å². The summed E-state index contributed by atoms with van der Waals surface area (Å²) in [4.78, 5) is 29.3. The number of aryl methyl sites for hydroxylation is 2. The number of isocyanates is 2. The van der Waals surface area contributed by atoms with Gasteiger partial charge in [0.05, 0.1) is 17.5 Å². The summed E-state index contributed by atoms with van der Waals surface area (Å²) in [7, 11) is 0. The fraction of sp³-hybridized carbons (Fsp3) is 0.423. The van der Waals surface area contributed by atoms with Crippen molar-refractivity contribution in [3.8, 4) is 0 Å². The smallest absolute Gasteiger partial charge is 0.235 e. The summed E-state index contributed by atoms with van der Waals surface area (Å²) in [5.41, 5.74) is 12.6. The lowest BCUT2D eigenvalue weighted by Crippen LogP contribution is -2.39. The van der Waals surface area contributed by atoms with E-state index in [4.69, 9.17) is 11.1 Å². The Morgan fingerprint density at radius 1 is 1.00 bits per heavy atom. The molecule has 3 rings (SSSR count). The minimum atomic E-state index is -0.615. The average Bonchev–Trinajstić information content (AvgIpc) is 2.94. The van der Waals surface area contributed by atoms with Gasteiger partial charge in [0, 0.05) is 5.71 Å². The fourth-order valence-corrected chi connectivity index (χ4v) is 4.98. The molecule has 2 aromatic carbocycles. The minimum Gasteiger partial charge on any atom is -0.330 e. The molecule has 3 N–H and O–H groups in total. The van der Waals surface area contributed by atoms with Gasteiger partial charge in [-0.25, -0.2) is 9.59 Å². The molecule has 32 heavy (non-hydrogen) atoms. The highest BCUT2D eigenvalue weighted by Gasteiger charge is 2.42. The van der Waals surface area contributed by atoms with E-state index in [1.807, 2.05) is 32.9 Å². The van der Waals surface area contributed by atoms with Gasteiger partial charge in [0.1, 0.15) is 0 Å². The van der Waals surface area contributed by atoms with Crippen molar-refractivity contribution < 1.29 is 9.59 Å². The van der Waals surface area contributed by atoms with E-state index in [9.17, 15) is 9.59 Å². The summed E-state index contributed by atoms with van der Waals surface area (Å²) >= 11 is 0. The van der Waals surface area contributed by atoms with Crippen LogP contribution in [0.25, 0.3) is 0 Å². The normalized spacial score (nSPS) is 18.8. The molecular weight excluding hydrogens is 400 g/mol. The first kappa shape index (κ1) is 23.5. The predicted octanol–water partition coefficient (Wildman–Crippen LogP) is 4.64. The van der Waals surface area contributed by atoms with Gasteiger partial charge in [0.15, 0.2) is 0 Å². The van der Waals surface area contributed by atoms with Gasteiger partial charge in [-0.15, -0.1) is 0 Å². The Bertz CT molecular complexity index is 1040. The summed E-state index contributed by atoms with van der Waals surface area (Å²) < 4.78 is 0. The average molecular weight is 431 g/mol.